The van der Waals surface area contributed by atoms with Crippen LogP contribution in [0.4, 0.5) is 22.0 Å². The Kier molecular flexibility index (Phi) is 10.6. The molecule has 0 aromatic heterocycles. The highest BCUT2D eigenvalue weighted by Crippen LogP contribution is 2.70. The minimum Gasteiger partial charge on any atom is -0.465 e. The molecule has 4 aromatic carbocycles. The molecule has 16 heteroatoms. The quantitative estimate of drug-likeness (QED) is 0.0798. The minimum atomic E-state index is -5.79. The second-order valence-corrected chi connectivity index (χ2v) is 16.5. The van der Waals surface area contributed by atoms with E-state index in [2.05, 4.69) is 0 Å². The molecule has 9 nitrogen and oxygen atoms in total. The summed E-state index contributed by atoms with van der Waals surface area (Å²) in [5.74, 6) is -11.4. The van der Waals surface area contributed by atoms with Gasteiger partial charge >= 0.3 is 10.1 Å². The van der Waals surface area contributed by atoms with Gasteiger partial charge in [0.15, 0.2) is 47.0 Å². The Labute approximate surface area is 298 Å². The van der Waals surface area contributed by atoms with E-state index in [1.54, 1.807) is 0 Å². The summed E-state index contributed by atoms with van der Waals surface area (Å²) >= 11 is 0. The van der Waals surface area contributed by atoms with Gasteiger partial charge in [0.2, 0.25) is 5.82 Å². The summed E-state index contributed by atoms with van der Waals surface area (Å²) in [5, 5.41) is 0. The van der Waals surface area contributed by atoms with E-state index in [1.165, 1.54) is 72.8 Å². The van der Waals surface area contributed by atoms with Crippen LogP contribution in [0.5, 0.6) is 17.2 Å². The summed E-state index contributed by atoms with van der Waals surface area (Å²) in [6.07, 6.45) is 2.88. The van der Waals surface area contributed by atoms with Gasteiger partial charge in [0.05, 0.1) is 19.8 Å². The molecular weight excluding hydrogens is 736 g/mol. The van der Waals surface area contributed by atoms with Crippen molar-refractivity contribution in [2.75, 3.05) is 19.8 Å². The third-order valence-electron chi connectivity index (χ3n) is 8.54. The first-order valence-corrected chi connectivity index (χ1v) is 19.5. The van der Waals surface area contributed by atoms with Crippen molar-refractivity contribution in [3.05, 3.63) is 102 Å². The standard InChI is InChI=1S/C36H33F5O9S2/c37-31-32(38)34(40)36(35(41)33(31)39)52(42,43)50-51(25-13-7-22(8-14-25)47-28-4-1-19-44-28,26-15-9-23(10-16-26)48-29-5-2-20-45-29)27-17-11-24(12-18-27)49-30-6-3-21-46-30/h7-18,28-30H,1-6,19-21H2. The molecule has 3 fully saturated rings. The highest BCUT2D eigenvalue weighted by Gasteiger charge is 2.43. The van der Waals surface area contributed by atoms with Crippen LogP contribution in [-0.2, 0) is 28.0 Å². The zero-order valence-corrected chi connectivity index (χ0v) is 29.0. The number of benzene rings is 4. The highest BCUT2D eigenvalue weighted by atomic mass is 32.3. The van der Waals surface area contributed by atoms with Crippen molar-refractivity contribution in [2.24, 2.45) is 0 Å². The molecular formula is C36H33F5O9S2. The van der Waals surface area contributed by atoms with Gasteiger partial charge in [0, 0.05) is 33.9 Å². The number of halogens is 5. The lowest BCUT2D eigenvalue weighted by Gasteiger charge is -2.39. The number of ether oxygens (including phenoxy) is 6. The van der Waals surface area contributed by atoms with Crippen molar-refractivity contribution < 1.29 is 62.4 Å². The zero-order valence-electron chi connectivity index (χ0n) is 27.4. The molecule has 0 radical (unpaired) electrons. The molecule has 0 spiro atoms. The predicted molar refractivity (Wildman–Crippen MR) is 175 cm³/mol. The Balaban J connectivity index is 1.38. The highest BCUT2D eigenvalue weighted by molar-refractivity contribution is 8.33. The molecule has 3 unspecified atom stereocenters. The summed E-state index contributed by atoms with van der Waals surface area (Å²) in [4.78, 5) is -1.63. The van der Waals surface area contributed by atoms with Gasteiger partial charge in [0.1, 0.15) is 17.2 Å². The van der Waals surface area contributed by atoms with E-state index >= 15 is 8.78 Å². The van der Waals surface area contributed by atoms with Gasteiger partial charge in [-0.3, -0.25) is 0 Å². The maximum Gasteiger partial charge on any atom is 0.313 e. The average Bonchev–Trinajstić information content (AvgIpc) is 3.96. The van der Waals surface area contributed by atoms with E-state index < -0.39 is 73.3 Å². The fraction of sp³-hybridized carbons (Fsp3) is 0.333. The van der Waals surface area contributed by atoms with Crippen LogP contribution in [0.2, 0.25) is 0 Å². The Morgan fingerprint density at radius 1 is 0.481 bits per heavy atom. The molecule has 0 aliphatic carbocycles. The van der Waals surface area contributed by atoms with Crippen molar-refractivity contribution in [3.8, 4) is 17.2 Å². The predicted octanol–water partition coefficient (Wildman–Crippen LogP) is 8.53. The van der Waals surface area contributed by atoms with Crippen LogP contribution in [0.1, 0.15) is 38.5 Å². The fourth-order valence-corrected chi connectivity index (χ4v) is 11.3. The summed E-state index contributed by atoms with van der Waals surface area (Å²) in [6, 6.07) is 18.2. The first-order chi connectivity index (χ1) is 25.0. The molecule has 278 valence electrons. The van der Waals surface area contributed by atoms with Crippen LogP contribution >= 0.6 is 10.3 Å². The van der Waals surface area contributed by atoms with Gasteiger partial charge in [-0.25, -0.2) is 25.6 Å². The lowest BCUT2D eigenvalue weighted by atomic mass is 10.3. The lowest BCUT2D eigenvalue weighted by Crippen LogP contribution is -2.19. The monoisotopic (exact) mass is 768 g/mol. The average molecular weight is 769 g/mol. The van der Waals surface area contributed by atoms with Crippen LogP contribution < -0.4 is 14.2 Å². The third kappa shape index (κ3) is 7.32. The van der Waals surface area contributed by atoms with Gasteiger partial charge in [0.25, 0.3) is 0 Å². The molecule has 3 heterocycles. The van der Waals surface area contributed by atoms with Crippen LogP contribution in [-0.4, -0.2) is 47.1 Å². The maximum atomic E-state index is 15.2. The topological polar surface area (TPSA) is 98.8 Å². The summed E-state index contributed by atoms with van der Waals surface area (Å²) in [7, 11) is -9.45. The second-order valence-electron chi connectivity index (χ2n) is 12.1. The number of hydrogen-bond acceptors (Lipinski definition) is 9. The third-order valence-corrected chi connectivity index (χ3v) is 13.7. The zero-order chi connectivity index (χ0) is 36.5. The Hall–Kier alpha value is -3.93. The van der Waals surface area contributed by atoms with Gasteiger partial charge in [-0.2, -0.15) is 8.42 Å². The molecule has 3 saturated heterocycles. The molecule has 0 bridgehead atoms. The fourth-order valence-electron chi connectivity index (χ4n) is 6.01. The van der Waals surface area contributed by atoms with Gasteiger partial charge in [-0.1, -0.05) is 0 Å². The molecule has 0 saturated carbocycles. The Morgan fingerprint density at radius 3 is 1.08 bits per heavy atom. The minimum absolute atomic E-state index is 0.167. The molecule has 4 aromatic rings. The molecule has 0 amide bonds. The first-order valence-electron chi connectivity index (χ1n) is 16.5. The van der Waals surface area contributed by atoms with E-state index in [1.807, 2.05) is 0 Å². The van der Waals surface area contributed by atoms with Crippen LogP contribution in [0.15, 0.2) is 92.4 Å². The van der Waals surface area contributed by atoms with Gasteiger partial charge in [-0.15, -0.1) is 0 Å². The van der Waals surface area contributed by atoms with E-state index in [9.17, 15) is 21.6 Å². The Bertz CT molecular complexity index is 1800. The molecule has 7 rings (SSSR count). The van der Waals surface area contributed by atoms with Crippen LogP contribution in [0.25, 0.3) is 0 Å². The first kappa shape index (κ1) is 36.4. The Morgan fingerprint density at radius 2 is 0.788 bits per heavy atom. The maximum absolute atomic E-state index is 15.2. The number of hydrogen-bond donors (Lipinski definition) is 0. The molecule has 52 heavy (non-hydrogen) atoms. The van der Waals surface area contributed by atoms with Crippen LogP contribution in [0.3, 0.4) is 0 Å². The largest absolute Gasteiger partial charge is 0.465 e. The van der Waals surface area contributed by atoms with Crippen molar-refractivity contribution in [1.29, 1.82) is 0 Å². The summed E-state index contributed by atoms with van der Waals surface area (Å²) in [6.45, 7) is 1.58. The SMILES string of the molecule is O=S(=O)(OS(c1ccc(OC2CCCO2)cc1)(c1ccc(OC2CCCO2)cc1)c1ccc(OC2CCCO2)cc1)c1c(F)c(F)c(F)c(F)c1F. The van der Waals surface area contributed by atoms with E-state index in [0.29, 0.717) is 56.3 Å². The summed E-state index contributed by atoms with van der Waals surface area (Å²) < 4.78 is 142. The van der Waals surface area contributed by atoms with Gasteiger partial charge in [-0.05, 0) is 102 Å². The number of rotatable bonds is 12. The van der Waals surface area contributed by atoms with Crippen molar-refractivity contribution >= 4 is 20.4 Å². The van der Waals surface area contributed by atoms with Crippen molar-refractivity contribution in [2.45, 2.75) is 77.0 Å². The van der Waals surface area contributed by atoms with Gasteiger partial charge < -0.3 is 28.4 Å². The summed E-state index contributed by atoms with van der Waals surface area (Å²) in [5.41, 5.74) is 0. The lowest BCUT2D eigenvalue weighted by molar-refractivity contribution is -0.0393. The molecule has 0 N–H and O–H groups in total. The van der Waals surface area contributed by atoms with E-state index in [4.69, 9.17) is 32.1 Å². The normalized spacial score (nSPS) is 22.2. The molecule has 3 aliphatic heterocycles. The molecule has 3 aliphatic rings. The van der Waals surface area contributed by atoms with E-state index in [-0.39, 0.29) is 14.7 Å². The van der Waals surface area contributed by atoms with Crippen molar-refractivity contribution in [1.82, 2.24) is 0 Å². The second kappa shape index (κ2) is 15.2. The smallest absolute Gasteiger partial charge is 0.313 e. The molecule has 3 atom stereocenters. The van der Waals surface area contributed by atoms with Crippen molar-refractivity contribution in [3.63, 3.8) is 0 Å². The van der Waals surface area contributed by atoms with E-state index in [0.717, 1.165) is 19.3 Å². The van der Waals surface area contributed by atoms with Crippen LogP contribution in [0, 0.1) is 29.1 Å².